The molecule has 3 aromatic rings. The van der Waals surface area contributed by atoms with Crippen LogP contribution in [-0.2, 0) is 6.42 Å². The fraction of sp³-hybridized carbons (Fsp3) is 0.222. The van der Waals surface area contributed by atoms with Crippen molar-refractivity contribution in [2.45, 2.75) is 26.2 Å². The molecule has 112 valence electrons. The molecule has 0 radical (unpaired) electrons. The Morgan fingerprint density at radius 3 is 2.55 bits per heavy atom. The number of rotatable bonds is 3. The zero-order chi connectivity index (χ0) is 15.7. The van der Waals surface area contributed by atoms with E-state index in [-0.39, 0.29) is 11.5 Å². The molecule has 0 saturated carbocycles. The summed E-state index contributed by atoms with van der Waals surface area (Å²) < 4.78 is 0.379. The summed E-state index contributed by atoms with van der Waals surface area (Å²) in [6, 6.07) is 14.5. The van der Waals surface area contributed by atoms with Crippen molar-refractivity contribution in [1.29, 1.82) is 0 Å². The van der Waals surface area contributed by atoms with Crippen molar-refractivity contribution in [3.05, 3.63) is 74.4 Å². The summed E-state index contributed by atoms with van der Waals surface area (Å²) >= 11 is 5.13. The number of nitrogens with one attached hydrogen (secondary N) is 2. The fourth-order valence-corrected chi connectivity index (χ4v) is 3.15. The number of fused-ring (bicyclic) bond motifs is 1. The highest BCUT2D eigenvalue weighted by Gasteiger charge is 2.13. The van der Waals surface area contributed by atoms with Crippen molar-refractivity contribution >= 4 is 23.0 Å². The van der Waals surface area contributed by atoms with E-state index in [2.05, 4.69) is 40.3 Å². The molecule has 3 rings (SSSR count). The Labute approximate surface area is 134 Å². The molecule has 0 fully saturated rings. The minimum atomic E-state index is -0.0889. The van der Waals surface area contributed by atoms with Gasteiger partial charge in [0.05, 0.1) is 0 Å². The van der Waals surface area contributed by atoms with Gasteiger partial charge in [0.25, 0.3) is 5.56 Å². The molecule has 0 spiro atoms. The Bertz CT molecular complexity index is 932. The maximum Gasteiger partial charge on any atom is 0.255 e. The first-order valence-corrected chi connectivity index (χ1v) is 7.79. The summed E-state index contributed by atoms with van der Waals surface area (Å²) in [7, 11) is 0. The molecular weight excluding hydrogens is 292 g/mol. The maximum absolute atomic E-state index is 12.2. The minimum Gasteiger partial charge on any atom is -0.335 e. The zero-order valence-corrected chi connectivity index (χ0v) is 13.5. The SMILES string of the molecule is CC(C)c1c(Cc2cccc3ccccc23)[nH]c(=S)[nH]c1=O. The second-order valence-electron chi connectivity index (χ2n) is 5.77. The van der Waals surface area contributed by atoms with Crippen LogP contribution in [0.25, 0.3) is 10.8 Å². The zero-order valence-electron chi connectivity index (χ0n) is 12.6. The van der Waals surface area contributed by atoms with Gasteiger partial charge in [0, 0.05) is 17.7 Å². The quantitative estimate of drug-likeness (QED) is 0.709. The molecule has 0 aliphatic carbocycles. The molecule has 2 aromatic carbocycles. The predicted octanol–water partition coefficient (Wildman–Crippen LogP) is 4.30. The van der Waals surface area contributed by atoms with Crippen LogP contribution in [-0.4, -0.2) is 9.97 Å². The van der Waals surface area contributed by atoms with Crippen LogP contribution in [0.5, 0.6) is 0 Å². The van der Waals surface area contributed by atoms with Crippen LogP contribution in [0.3, 0.4) is 0 Å². The van der Waals surface area contributed by atoms with E-state index in [1.165, 1.54) is 16.3 Å². The van der Waals surface area contributed by atoms with E-state index >= 15 is 0 Å². The van der Waals surface area contributed by atoms with Crippen LogP contribution in [0, 0.1) is 4.77 Å². The minimum absolute atomic E-state index is 0.0889. The molecule has 1 aromatic heterocycles. The lowest BCUT2D eigenvalue weighted by Gasteiger charge is -2.13. The van der Waals surface area contributed by atoms with Gasteiger partial charge < -0.3 is 4.98 Å². The molecular formula is C18H18N2OS. The van der Waals surface area contributed by atoms with Crippen molar-refractivity contribution < 1.29 is 0 Å². The van der Waals surface area contributed by atoms with Crippen molar-refractivity contribution in [2.24, 2.45) is 0 Å². The molecule has 0 aliphatic rings. The summed E-state index contributed by atoms with van der Waals surface area (Å²) in [5.74, 6) is 0.139. The van der Waals surface area contributed by atoms with Crippen molar-refractivity contribution in [2.75, 3.05) is 0 Å². The van der Waals surface area contributed by atoms with Crippen molar-refractivity contribution in [3.63, 3.8) is 0 Å². The summed E-state index contributed by atoms with van der Waals surface area (Å²) in [5.41, 5.74) is 2.78. The molecule has 0 unspecified atom stereocenters. The van der Waals surface area contributed by atoms with Gasteiger partial charge in [-0.1, -0.05) is 56.3 Å². The third kappa shape index (κ3) is 2.74. The third-order valence-electron chi connectivity index (χ3n) is 3.89. The van der Waals surface area contributed by atoms with E-state index in [9.17, 15) is 4.79 Å². The average Bonchev–Trinajstić information content (AvgIpc) is 2.46. The van der Waals surface area contributed by atoms with E-state index < -0.39 is 0 Å². The number of aromatic amines is 2. The van der Waals surface area contributed by atoms with Crippen LogP contribution >= 0.6 is 12.2 Å². The highest BCUT2D eigenvalue weighted by molar-refractivity contribution is 7.71. The van der Waals surface area contributed by atoms with Crippen molar-refractivity contribution in [3.8, 4) is 0 Å². The van der Waals surface area contributed by atoms with E-state index in [1.807, 2.05) is 26.0 Å². The summed E-state index contributed by atoms with van der Waals surface area (Å²) in [5, 5.41) is 2.41. The standard InChI is InChI=1S/C18H18N2OS/c1-11(2)16-15(19-18(22)20-17(16)21)10-13-8-5-7-12-6-3-4-9-14(12)13/h3-9,11H,10H2,1-2H3,(H2,19,20,21,22). The van der Waals surface area contributed by atoms with Crippen LogP contribution in [0.1, 0.15) is 36.6 Å². The van der Waals surface area contributed by atoms with Crippen LogP contribution in [0.2, 0.25) is 0 Å². The topological polar surface area (TPSA) is 48.6 Å². The second kappa shape index (κ2) is 5.89. The summed E-state index contributed by atoms with van der Waals surface area (Å²) in [6.07, 6.45) is 0.669. The molecule has 1 heterocycles. The molecule has 0 bridgehead atoms. The smallest absolute Gasteiger partial charge is 0.255 e. The fourth-order valence-electron chi connectivity index (χ4n) is 2.93. The van der Waals surface area contributed by atoms with E-state index in [0.29, 0.717) is 11.2 Å². The summed E-state index contributed by atoms with van der Waals surface area (Å²) in [6.45, 7) is 4.04. The van der Waals surface area contributed by atoms with Gasteiger partial charge in [0.1, 0.15) is 0 Å². The lowest BCUT2D eigenvalue weighted by atomic mass is 9.96. The van der Waals surface area contributed by atoms with Gasteiger partial charge >= 0.3 is 0 Å². The molecule has 4 heteroatoms. The largest absolute Gasteiger partial charge is 0.335 e. The van der Waals surface area contributed by atoms with Gasteiger partial charge in [-0.2, -0.15) is 0 Å². The summed E-state index contributed by atoms with van der Waals surface area (Å²) in [4.78, 5) is 18.1. The molecule has 0 aliphatic heterocycles. The molecule has 2 N–H and O–H groups in total. The molecule has 0 atom stereocenters. The molecule has 0 saturated heterocycles. The normalized spacial score (nSPS) is 11.2. The Morgan fingerprint density at radius 2 is 1.77 bits per heavy atom. The number of aromatic nitrogens is 2. The molecule has 3 nitrogen and oxygen atoms in total. The van der Waals surface area contributed by atoms with Gasteiger partial charge in [-0.3, -0.25) is 9.78 Å². The average molecular weight is 310 g/mol. The van der Waals surface area contributed by atoms with Gasteiger partial charge in [-0.15, -0.1) is 0 Å². The third-order valence-corrected chi connectivity index (χ3v) is 4.09. The first kappa shape index (κ1) is 14.7. The van der Waals surface area contributed by atoms with E-state index in [0.717, 1.165) is 11.3 Å². The lowest BCUT2D eigenvalue weighted by molar-refractivity contribution is 0.796. The van der Waals surface area contributed by atoms with Gasteiger partial charge in [0.15, 0.2) is 4.77 Å². The highest BCUT2D eigenvalue weighted by atomic mass is 32.1. The Balaban J connectivity index is 2.17. The second-order valence-corrected chi connectivity index (χ2v) is 6.18. The maximum atomic E-state index is 12.2. The Kier molecular flexibility index (Phi) is 3.94. The first-order valence-electron chi connectivity index (χ1n) is 7.38. The predicted molar refractivity (Wildman–Crippen MR) is 93.1 cm³/mol. The first-order chi connectivity index (χ1) is 10.6. The molecule has 0 amide bonds. The van der Waals surface area contributed by atoms with Gasteiger partial charge in [0.2, 0.25) is 0 Å². The van der Waals surface area contributed by atoms with E-state index in [1.54, 1.807) is 0 Å². The van der Waals surface area contributed by atoms with Gasteiger partial charge in [-0.05, 0) is 34.5 Å². The highest BCUT2D eigenvalue weighted by Crippen LogP contribution is 2.23. The Morgan fingerprint density at radius 1 is 1.05 bits per heavy atom. The van der Waals surface area contributed by atoms with Crippen LogP contribution in [0.15, 0.2) is 47.3 Å². The molecule has 22 heavy (non-hydrogen) atoms. The van der Waals surface area contributed by atoms with Gasteiger partial charge in [-0.25, -0.2) is 0 Å². The lowest BCUT2D eigenvalue weighted by Crippen LogP contribution is -2.19. The van der Waals surface area contributed by atoms with E-state index in [4.69, 9.17) is 12.2 Å². The van der Waals surface area contributed by atoms with Crippen molar-refractivity contribution in [1.82, 2.24) is 9.97 Å². The monoisotopic (exact) mass is 310 g/mol. The Hall–Kier alpha value is -2.20. The number of hydrogen-bond acceptors (Lipinski definition) is 2. The van der Waals surface area contributed by atoms with Crippen LogP contribution in [0.4, 0.5) is 0 Å². The number of hydrogen-bond donors (Lipinski definition) is 2. The van der Waals surface area contributed by atoms with Crippen LogP contribution < -0.4 is 5.56 Å². The number of benzene rings is 2. The number of H-pyrrole nitrogens is 2.